The standard InChI is InChI=1S/C16H21N5O/c1-13-7-9-20(10-8-13)16(22)15(21-12-17-18-19-21)11-14-5-3-2-4-6-14/h2-6,12-13,15H,7-11H2,1H3. The molecule has 1 amide bonds. The Balaban J connectivity index is 1.78. The van der Waals surface area contributed by atoms with Crippen molar-refractivity contribution >= 4 is 5.91 Å². The van der Waals surface area contributed by atoms with Gasteiger partial charge in [0.15, 0.2) is 0 Å². The van der Waals surface area contributed by atoms with Crippen LogP contribution in [-0.4, -0.2) is 44.1 Å². The molecule has 1 aromatic heterocycles. The predicted octanol–water partition coefficient (Wildman–Crippen LogP) is 1.72. The minimum absolute atomic E-state index is 0.114. The van der Waals surface area contributed by atoms with E-state index in [2.05, 4.69) is 22.4 Å². The van der Waals surface area contributed by atoms with Gasteiger partial charge in [0.1, 0.15) is 12.4 Å². The Morgan fingerprint density at radius 1 is 1.27 bits per heavy atom. The lowest BCUT2D eigenvalue weighted by Crippen LogP contribution is -2.42. The van der Waals surface area contributed by atoms with Crippen LogP contribution in [0.25, 0.3) is 0 Å². The van der Waals surface area contributed by atoms with Crippen LogP contribution in [0.3, 0.4) is 0 Å². The summed E-state index contributed by atoms with van der Waals surface area (Å²) >= 11 is 0. The first-order valence-electron chi connectivity index (χ1n) is 7.79. The molecule has 116 valence electrons. The quantitative estimate of drug-likeness (QED) is 0.862. The fourth-order valence-electron chi connectivity index (χ4n) is 2.88. The van der Waals surface area contributed by atoms with Gasteiger partial charge >= 0.3 is 0 Å². The van der Waals surface area contributed by atoms with E-state index in [0.29, 0.717) is 12.3 Å². The van der Waals surface area contributed by atoms with Gasteiger partial charge in [0, 0.05) is 19.5 Å². The summed E-state index contributed by atoms with van der Waals surface area (Å²) in [5.41, 5.74) is 1.11. The Hall–Kier alpha value is -2.24. The van der Waals surface area contributed by atoms with Crippen LogP contribution in [0.5, 0.6) is 0 Å². The number of piperidine rings is 1. The number of carbonyl (C=O) groups excluding carboxylic acids is 1. The van der Waals surface area contributed by atoms with Crippen molar-refractivity contribution < 1.29 is 4.79 Å². The van der Waals surface area contributed by atoms with E-state index in [1.54, 1.807) is 4.68 Å². The lowest BCUT2D eigenvalue weighted by molar-refractivity contribution is -0.136. The number of carbonyl (C=O) groups is 1. The maximum Gasteiger partial charge on any atom is 0.247 e. The summed E-state index contributed by atoms with van der Waals surface area (Å²) in [7, 11) is 0. The van der Waals surface area contributed by atoms with Crippen molar-refractivity contribution in [2.24, 2.45) is 5.92 Å². The van der Waals surface area contributed by atoms with E-state index in [0.717, 1.165) is 31.5 Å². The van der Waals surface area contributed by atoms with Crippen LogP contribution in [0.4, 0.5) is 0 Å². The van der Waals surface area contributed by atoms with E-state index in [4.69, 9.17) is 0 Å². The fourth-order valence-corrected chi connectivity index (χ4v) is 2.88. The number of rotatable bonds is 4. The molecule has 6 heteroatoms. The molecule has 1 saturated heterocycles. The summed E-state index contributed by atoms with van der Waals surface area (Å²) in [6.45, 7) is 3.89. The van der Waals surface area contributed by atoms with E-state index in [1.807, 2.05) is 35.2 Å². The van der Waals surface area contributed by atoms with Crippen LogP contribution >= 0.6 is 0 Å². The first-order valence-corrected chi connectivity index (χ1v) is 7.79. The number of nitrogens with zero attached hydrogens (tertiary/aromatic N) is 5. The SMILES string of the molecule is CC1CCN(C(=O)C(Cc2ccccc2)n2cnnn2)CC1. The summed E-state index contributed by atoms with van der Waals surface area (Å²) in [4.78, 5) is 14.9. The second-order valence-electron chi connectivity index (χ2n) is 6.00. The Kier molecular flexibility index (Phi) is 4.46. The highest BCUT2D eigenvalue weighted by atomic mass is 16.2. The number of aromatic nitrogens is 4. The number of likely N-dealkylation sites (tertiary alicyclic amines) is 1. The first kappa shape index (κ1) is 14.7. The van der Waals surface area contributed by atoms with Crippen molar-refractivity contribution in [3.05, 3.63) is 42.2 Å². The molecular formula is C16H21N5O. The molecule has 1 aromatic carbocycles. The molecule has 1 fully saturated rings. The summed E-state index contributed by atoms with van der Waals surface area (Å²) in [6, 6.07) is 9.64. The van der Waals surface area contributed by atoms with Gasteiger partial charge in [-0.1, -0.05) is 37.3 Å². The number of amides is 1. The predicted molar refractivity (Wildman–Crippen MR) is 82.0 cm³/mol. The average molecular weight is 299 g/mol. The smallest absolute Gasteiger partial charge is 0.247 e. The van der Waals surface area contributed by atoms with E-state index in [9.17, 15) is 4.79 Å². The Bertz CT molecular complexity index is 590. The van der Waals surface area contributed by atoms with E-state index < -0.39 is 0 Å². The zero-order chi connectivity index (χ0) is 15.4. The number of hydrogen-bond acceptors (Lipinski definition) is 4. The number of hydrogen-bond donors (Lipinski definition) is 0. The minimum atomic E-state index is -0.370. The maximum absolute atomic E-state index is 12.9. The Labute approximate surface area is 130 Å². The molecule has 0 spiro atoms. The highest BCUT2D eigenvalue weighted by Crippen LogP contribution is 2.21. The molecule has 2 heterocycles. The van der Waals surface area contributed by atoms with Gasteiger partial charge in [-0.25, -0.2) is 4.68 Å². The van der Waals surface area contributed by atoms with Gasteiger partial charge in [0.2, 0.25) is 5.91 Å². The third-order valence-corrected chi connectivity index (χ3v) is 4.34. The van der Waals surface area contributed by atoms with Crippen LogP contribution in [0, 0.1) is 5.92 Å². The molecular weight excluding hydrogens is 278 g/mol. The van der Waals surface area contributed by atoms with Gasteiger partial charge in [-0.3, -0.25) is 4.79 Å². The normalized spacial score (nSPS) is 17.4. The highest BCUT2D eigenvalue weighted by molar-refractivity contribution is 5.80. The zero-order valence-corrected chi connectivity index (χ0v) is 12.8. The van der Waals surface area contributed by atoms with Gasteiger partial charge in [0.25, 0.3) is 0 Å². The highest BCUT2D eigenvalue weighted by Gasteiger charge is 2.29. The van der Waals surface area contributed by atoms with E-state index in [1.165, 1.54) is 6.33 Å². The molecule has 0 bridgehead atoms. The molecule has 0 N–H and O–H groups in total. The summed E-state index contributed by atoms with van der Waals surface area (Å²) < 4.78 is 1.58. The van der Waals surface area contributed by atoms with Crippen LogP contribution in [0.15, 0.2) is 36.7 Å². The third-order valence-electron chi connectivity index (χ3n) is 4.34. The van der Waals surface area contributed by atoms with Gasteiger partial charge in [-0.15, -0.1) is 5.10 Å². The molecule has 0 radical (unpaired) electrons. The minimum Gasteiger partial charge on any atom is -0.341 e. The average Bonchev–Trinajstić information content (AvgIpc) is 3.08. The molecule has 1 aliphatic rings. The van der Waals surface area contributed by atoms with Gasteiger partial charge in [0.05, 0.1) is 0 Å². The first-order chi connectivity index (χ1) is 10.7. The lowest BCUT2D eigenvalue weighted by Gasteiger charge is -2.32. The van der Waals surface area contributed by atoms with Crippen molar-refractivity contribution in [2.75, 3.05) is 13.1 Å². The van der Waals surface area contributed by atoms with Crippen LogP contribution in [0.1, 0.15) is 31.4 Å². The molecule has 1 atom stereocenters. The second-order valence-corrected chi connectivity index (χ2v) is 6.00. The van der Waals surface area contributed by atoms with Crippen LogP contribution in [0.2, 0.25) is 0 Å². The van der Waals surface area contributed by atoms with Crippen molar-refractivity contribution in [3.63, 3.8) is 0 Å². The maximum atomic E-state index is 12.9. The van der Waals surface area contributed by atoms with Crippen molar-refractivity contribution in [1.82, 2.24) is 25.1 Å². The van der Waals surface area contributed by atoms with Crippen LogP contribution < -0.4 is 0 Å². The van der Waals surface area contributed by atoms with Crippen molar-refractivity contribution in [1.29, 1.82) is 0 Å². The molecule has 1 aliphatic heterocycles. The van der Waals surface area contributed by atoms with Crippen molar-refractivity contribution in [3.8, 4) is 0 Å². The van der Waals surface area contributed by atoms with E-state index in [-0.39, 0.29) is 11.9 Å². The fraction of sp³-hybridized carbons (Fsp3) is 0.500. The lowest BCUT2D eigenvalue weighted by atomic mass is 9.97. The van der Waals surface area contributed by atoms with Crippen molar-refractivity contribution in [2.45, 2.75) is 32.2 Å². The molecule has 22 heavy (non-hydrogen) atoms. The summed E-state index contributed by atoms with van der Waals surface area (Å²) in [5, 5.41) is 11.3. The van der Waals surface area contributed by atoms with Gasteiger partial charge in [-0.2, -0.15) is 0 Å². The molecule has 1 unspecified atom stereocenters. The Morgan fingerprint density at radius 2 is 2.00 bits per heavy atom. The van der Waals surface area contributed by atoms with Gasteiger partial charge in [-0.05, 0) is 34.7 Å². The molecule has 6 nitrogen and oxygen atoms in total. The van der Waals surface area contributed by atoms with Crippen LogP contribution in [-0.2, 0) is 11.2 Å². The van der Waals surface area contributed by atoms with E-state index >= 15 is 0 Å². The zero-order valence-electron chi connectivity index (χ0n) is 12.8. The number of benzene rings is 1. The molecule has 0 saturated carbocycles. The summed E-state index contributed by atoms with van der Waals surface area (Å²) in [6.07, 6.45) is 4.27. The molecule has 3 rings (SSSR count). The monoisotopic (exact) mass is 299 g/mol. The topological polar surface area (TPSA) is 63.9 Å². The second kappa shape index (κ2) is 6.68. The summed E-state index contributed by atoms with van der Waals surface area (Å²) in [5.74, 6) is 0.813. The molecule has 2 aromatic rings. The molecule has 0 aliphatic carbocycles. The van der Waals surface area contributed by atoms with Gasteiger partial charge < -0.3 is 4.90 Å². The third kappa shape index (κ3) is 3.32. The number of tetrazole rings is 1. The largest absolute Gasteiger partial charge is 0.341 e. The Morgan fingerprint density at radius 3 is 2.64 bits per heavy atom.